The monoisotopic (exact) mass is 537 g/mol. The van der Waals surface area contributed by atoms with Gasteiger partial charge in [0.15, 0.2) is 0 Å². The average Bonchev–Trinajstić information content (AvgIpc) is 2.82. The van der Waals surface area contributed by atoms with Crippen LogP contribution in [0.25, 0.3) is 0 Å². The predicted molar refractivity (Wildman–Crippen MR) is 144 cm³/mol. The van der Waals surface area contributed by atoms with Crippen LogP contribution in [-0.2, 0) is 26.2 Å². The van der Waals surface area contributed by atoms with Gasteiger partial charge in [0.2, 0.25) is 21.8 Å². The van der Waals surface area contributed by atoms with E-state index < -0.39 is 28.5 Å². The van der Waals surface area contributed by atoms with Crippen LogP contribution in [0, 0.1) is 6.92 Å². The third-order valence-electron chi connectivity index (χ3n) is 5.91. The van der Waals surface area contributed by atoms with Crippen LogP contribution >= 0.6 is 11.6 Å². The normalized spacial score (nSPS) is 12.1. The van der Waals surface area contributed by atoms with Gasteiger partial charge in [-0.05, 0) is 49.1 Å². The Balaban J connectivity index is 2.49. The molecule has 2 aromatic carbocycles. The lowest BCUT2D eigenvalue weighted by molar-refractivity contribution is -0.140. The van der Waals surface area contributed by atoms with E-state index in [4.69, 9.17) is 16.3 Å². The minimum Gasteiger partial charge on any atom is -0.495 e. The second kappa shape index (κ2) is 13.5. The summed E-state index contributed by atoms with van der Waals surface area (Å²) in [7, 11) is -2.49. The molecule has 1 atom stereocenters. The van der Waals surface area contributed by atoms with E-state index in [-0.39, 0.29) is 23.9 Å². The highest BCUT2D eigenvalue weighted by Crippen LogP contribution is 2.33. The number of ether oxygens (including phenoxy) is 1. The third kappa shape index (κ3) is 7.86. The minimum atomic E-state index is -3.90. The molecular weight excluding hydrogens is 502 g/mol. The van der Waals surface area contributed by atoms with Crippen molar-refractivity contribution in [1.29, 1.82) is 0 Å². The highest BCUT2D eigenvalue weighted by molar-refractivity contribution is 7.92. The topological polar surface area (TPSA) is 96.0 Å². The van der Waals surface area contributed by atoms with Crippen LogP contribution in [0.5, 0.6) is 5.75 Å². The van der Waals surface area contributed by atoms with Gasteiger partial charge in [0.05, 0.1) is 19.1 Å². The molecule has 1 N–H and O–H groups in total. The molecule has 0 saturated carbocycles. The molecule has 10 heteroatoms. The molecule has 0 bridgehead atoms. The minimum absolute atomic E-state index is 0.150. The Morgan fingerprint density at radius 1 is 1.14 bits per heavy atom. The van der Waals surface area contributed by atoms with E-state index in [1.807, 2.05) is 45.0 Å². The van der Waals surface area contributed by atoms with E-state index in [0.717, 1.165) is 34.5 Å². The van der Waals surface area contributed by atoms with Crippen molar-refractivity contribution in [3.63, 3.8) is 0 Å². The van der Waals surface area contributed by atoms with E-state index in [9.17, 15) is 18.0 Å². The summed E-state index contributed by atoms with van der Waals surface area (Å²) in [6.07, 6.45) is 3.13. The van der Waals surface area contributed by atoms with E-state index >= 15 is 0 Å². The van der Waals surface area contributed by atoms with Crippen molar-refractivity contribution < 1.29 is 22.7 Å². The van der Waals surface area contributed by atoms with Gasteiger partial charge in [-0.3, -0.25) is 13.9 Å². The van der Waals surface area contributed by atoms with Crippen molar-refractivity contribution in [3.8, 4) is 5.75 Å². The van der Waals surface area contributed by atoms with E-state index in [1.165, 1.54) is 18.1 Å². The molecule has 0 heterocycles. The number of rotatable bonds is 13. The number of sulfonamides is 1. The Hall–Kier alpha value is -2.78. The van der Waals surface area contributed by atoms with Gasteiger partial charge in [0, 0.05) is 18.1 Å². The molecule has 0 aliphatic rings. The summed E-state index contributed by atoms with van der Waals surface area (Å²) in [6, 6.07) is 11.4. The summed E-state index contributed by atoms with van der Waals surface area (Å²) in [5.41, 5.74) is 1.99. The number of methoxy groups -OCH3 is 1. The molecule has 2 aromatic rings. The molecule has 0 unspecified atom stereocenters. The van der Waals surface area contributed by atoms with Crippen molar-refractivity contribution in [2.75, 3.05) is 30.8 Å². The Bertz CT molecular complexity index is 1160. The molecule has 0 aliphatic heterocycles. The summed E-state index contributed by atoms with van der Waals surface area (Å²) >= 11 is 6.14. The van der Waals surface area contributed by atoms with Crippen molar-refractivity contribution in [2.24, 2.45) is 0 Å². The molecule has 0 aliphatic carbocycles. The summed E-state index contributed by atoms with van der Waals surface area (Å²) in [6.45, 7) is 5.95. The van der Waals surface area contributed by atoms with Crippen LogP contribution in [0.3, 0.4) is 0 Å². The maximum Gasteiger partial charge on any atom is 0.244 e. The van der Waals surface area contributed by atoms with Gasteiger partial charge < -0.3 is 15.0 Å². The smallest absolute Gasteiger partial charge is 0.244 e. The van der Waals surface area contributed by atoms with Gasteiger partial charge in [-0.15, -0.1) is 0 Å². The molecule has 2 rings (SSSR count). The largest absolute Gasteiger partial charge is 0.495 e. The second-order valence-corrected chi connectivity index (χ2v) is 10.9. The van der Waals surface area contributed by atoms with Crippen LogP contribution < -0.4 is 14.4 Å². The first-order valence-electron chi connectivity index (χ1n) is 12.0. The standard InChI is InChI=1S/C26H36ClN3O5S/c1-6-8-15-28-26(32)22(7-2)29(17-20-12-10-9-11-19(20)3)25(31)18-30(36(5,33)34)23-16-21(27)13-14-24(23)35-4/h9-14,16,22H,6-8,15,17-18H2,1-5H3,(H,28,32)/t22-/m1/s1. The van der Waals surface area contributed by atoms with Gasteiger partial charge in [-0.1, -0.05) is 56.1 Å². The molecule has 0 aromatic heterocycles. The number of hydrogen-bond acceptors (Lipinski definition) is 5. The maximum atomic E-state index is 13.8. The predicted octanol–water partition coefficient (Wildman–Crippen LogP) is 4.15. The first-order chi connectivity index (χ1) is 17.0. The summed E-state index contributed by atoms with van der Waals surface area (Å²) < 4.78 is 31.9. The number of anilines is 1. The molecule has 0 radical (unpaired) electrons. The highest BCUT2D eigenvalue weighted by Gasteiger charge is 2.32. The molecule has 36 heavy (non-hydrogen) atoms. The van der Waals surface area contributed by atoms with E-state index in [1.54, 1.807) is 12.1 Å². The first kappa shape index (κ1) is 29.5. The van der Waals surface area contributed by atoms with Crippen LogP contribution in [0.15, 0.2) is 42.5 Å². The summed E-state index contributed by atoms with van der Waals surface area (Å²) in [5.74, 6) is -0.519. The molecule has 0 fully saturated rings. The fourth-order valence-corrected chi connectivity index (χ4v) is 4.86. The zero-order valence-electron chi connectivity index (χ0n) is 21.6. The Morgan fingerprint density at radius 2 is 1.83 bits per heavy atom. The maximum absolute atomic E-state index is 13.8. The first-order valence-corrected chi connectivity index (χ1v) is 14.2. The van der Waals surface area contributed by atoms with Crippen LogP contribution in [0.1, 0.15) is 44.2 Å². The molecular formula is C26H36ClN3O5S. The van der Waals surface area contributed by atoms with Crippen molar-refractivity contribution in [2.45, 2.75) is 52.6 Å². The molecule has 8 nitrogen and oxygen atoms in total. The number of amides is 2. The number of nitrogens with zero attached hydrogens (tertiary/aromatic N) is 2. The number of carbonyl (C=O) groups is 2. The number of aryl methyl sites for hydroxylation is 1. The number of halogens is 1. The van der Waals surface area contributed by atoms with Gasteiger partial charge in [-0.2, -0.15) is 0 Å². The van der Waals surface area contributed by atoms with E-state index in [2.05, 4.69) is 5.32 Å². The number of carbonyl (C=O) groups excluding carboxylic acids is 2. The third-order valence-corrected chi connectivity index (χ3v) is 7.27. The van der Waals surface area contributed by atoms with Gasteiger partial charge in [0.1, 0.15) is 18.3 Å². The molecule has 0 spiro atoms. The Morgan fingerprint density at radius 3 is 2.42 bits per heavy atom. The highest BCUT2D eigenvalue weighted by atomic mass is 35.5. The van der Waals surface area contributed by atoms with Crippen LogP contribution in [-0.4, -0.2) is 57.6 Å². The zero-order chi connectivity index (χ0) is 26.9. The molecule has 0 saturated heterocycles. The fourth-order valence-electron chi connectivity index (χ4n) is 3.85. The van der Waals surface area contributed by atoms with Crippen LogP contribution in [0.4, 0.5) is 5.69 Å². The number of nitrogens with one attached hydrogen (secondary N) is 1. The van der Waals surface area contributed by atoms with Crippen LogP contribution in [0.2, 0.25) is 5.02 Å². The van der Waals surface area contributed by atoms with Gasteiger partial charge in [-0.25, -0.2) is 8.42 Å². The second-order valence-electron chi connectivity index (χ2n) is 8.60. The molecule has 2 amide bonds. The fraction of sp³-hybridized carbons (Fsp3) is 0.462. The Labute approximate surface area is 219 Å². The summed E-state index contributed by atoms with van der Waals surface area (Å²) in [4.78, 5) is 28.3. The van der Waals surface area contributed by atoms with Crippen molar-refractivity contribution in [1.82, 2.24) is 10.2 Å². The number of hydrogen-bond donors (Lipinski definition) is 1. The number of unbranched alkanes of at least 4 members (excludes halogenated alkanes) is 1. The quantitative estimate of drug-likeness (QED) is 0.387. The van der Waals surface area contributed by atoms with Crippen molar-refractivity contribution >= 4 is 39.1 Å². The van der Waals surface area contributed by atoms with Crippen molar-refractivity contribution in [3.05, 3.63) is 58.6 Å². The molecule has 198 valence electrons. The number of benzene rings is 2. The Kier molecular flexibility index (Phi) is 11.0. The lowest BCUT2D eigenvalue weighted by Gasteiger charge is -2.33. The lowest BCUT2D eigenvalue weighted by Crippen LogP contribution is -2.52. The van der Waals surface area contributed by atoms with Gasteiger partial charge in [0.25, 0.3) is 0 Å². The van der Waals surface area contributed by atoms with Gasteiger partial charge >= 0.3 is 0 Å². The lowest BCUT2D eigenvalue weighted by atomic mass is 10.1. The van der Waals surface area contributed by atoms with E-state index in [0.29, 0.717) is 18.0 Å². The average molecular weight is 538 g/mol. The zero-order valence-corrected chi connectivity index (χ0v) is 23.2. The SMILES string of the molecule is CCCCNC(=O)[C@@H](CC)N(Cc1ccccc1C)C(=O)CN(c1cc(Cl)ccc1OC)S(C)(=O)=O. The summed E-state index contributed by atoms with van der Waals surface area (Å²) in [5, 5.41) is 3.21.